The number of anilines is 1. The highest BCUT2D eigenvalue weighted by molar-refractivity contribution is 5.90. The third-order valence-electron chi connectivity index (χ3n) is 3.07. The van der Waals surface area contributed by atoms with Gasteiger partial charge in [-0.1, -0.05) is 12.1 Å². The van der Waals surface area contributed by atoms with Gasteiger partial charge < -0.3 is 15.7 Å². The van der Waals surface area contributed by atoms with E-state index in [1.54, 1.807) is 28.9 Å². The Bertz CT molecular complexity index is 697. The fraction of sp³-hybridized carbons (Fsp3) is 0.267. The normalized spacial score (nSPS) is 10.2. The first-order chi connectivity index (χ1) is 11.5. The van der Waals surface area contributed by atoms with Crippen molar-refractivity contribution < 1.29 is 19.5 Å². The highest BCUT2D eigenvalue weighted by atomic mass is 16.4. The van der Waals surface area contributed by atoms with E-state index in [0.717, 1.165) is 5.56 Å². The molecule has 126 valence electrons. The Morgan fingerprint density at radius 3 is 2.50 bits per heavy atom. The number of aryl methyl sites for hydroxylation is 1. The summed E-state index contributed by atoms with van der Waals surface area (Å²) in [6.45, 7) is 0.0341. The second-order valence-electron chi connectivity index (χ2n) is 5.00. The van der Waals surface area contributed by atoms with Gasteiger partial charge in [-0.05, 0) is 17.7 Å². The van der Waals surface area contributed by atoms with Crippen LogP contribution in [-0.4, -0.2) is 44.2 Å². The first kappa shape index (κ1) is 17.1. The van der Waals surface area contributed by atoms with Crippen LogP contribution in [0.15, 0.2) is 36.9 Å². The van der Waals surface area contributed by atoms with Crippen molar-refractivity contribution in [2.45, 2.75) is 19.4 Å². The van der Waals surface area contributed by atoms with E-state index in [1.807, 2.05) is 0 Å². The van der Waals surface area contributed by atoms with E-state index in [0.29, 0.717) is 12.2 Å². The van der Waals surface area contributed by atoms with Gasteiger partial charge in [-0.3, -0.25) is 19.1 Å². The number of benzene rings is 1. The maximum Gasteiger partial charge on any atom is 0.322 e. The number of carboxylic acids is 1. The maximum absolute atomic E-state index is 11.8. The Hall–Kier alpha value is -3.23. The minimum absolute atomic E-state index is 0.0772. The number of hydrogen-bond acceptors (Lipinski definition) is 5. The Balaban J connectivity index is 1.77. The summed E-state index contributed by atoms with van der Waals surface area (Å²) in [5, 5.41) is 17.4. The van der Waals surface area contributed by atoms with Crippen molar-refractivity contribution in [2.75, 3.05) is 11.9 Å². The third-order valence-corrected chi connectivity index (χ3v) is 3.07. The summed E-state index contributed by atoms with van der Waals surface area (Å²) < 4.78 is 1.57. The molecular weight excluding hydrogens is 314 g/mol. The van der Waals surface area contributed by atoms with E-state index in [2.05, 4.69) is 20.7 Å². The lowest BCUT2D eigenvalue weighted by Gasteiger charge is -2.07. The van der Waals surface area contributed by atoms with Crippen LogP contribution < -0.4 is 10.6 Å². The zero-order valence-corrected chi connectivity index (χ0v) is 12.8. The van der Waals surface area contributed by atoms with Crippen LogP contribution in [0.4, 0.5) is 5.69 Å². The van der Waals surface area contributed by atoms with Crippen molar-refractivity contribution >= 4 is 23.5 Å². The fourth-order valence-electron chi connectivity index (χ4n) is 1.92. The van der Waals surface area contributed by atoms with E-state index in [9.17, 15) is 14.4 Å². The predicted molar refractivity (Wildman–Crippen MR) is 84.1 cm³/mol. The first-order valence-electron chi connectivity index (χ1n) is 7.22. The summed E-state index contributed by atoms with van der Waals surface area (Å²) in [6, 6.07) is 6.78. The minimum atomic E-state index is -1.09. The number of amides is 2. The molecular formula is C15H17N5O4. The molecule has 0 atom stereocenters. The predicted octanol–water partition coefficient (Wildman–Crippen LogP) is 0.0502. The van der Waals surface area contributed by atoms with E-state index in [4.69, 9.17) is 5.11 Å². The van der Waals surface area contributed by atoms with Gasteiger partial charge in [0, 0.05) is 12.1 Å². The number of carboxylic acid groups (broad SMARTS) is 1. The molecule has 1 aromatic heterocycles. The summed E-state index contributed by atoms with van der Waals surface area (Å²) in [4.78, 5) is 37.5. The van der Waals surface area contributed by atoms with Crippen molar-refractivity contribution in [2.24, 2.45) is 0 Å². The van der Waals surface area contributed by atoms with Gasteiger partial charge >= 0.3 is 5.97 Å². The standard InChI is InChI=1S/C15H17N5O4/c21-13(5-6-20-10-16-9-18-20)19-12-3-1-11(2-4-12)7-14(22)17-8-15(23)24/h1-4,9-10H,5-8H2,(H,17,22)(H,19,21)(H,23,24). The number of carbonyl (C=O) groups is 3. The van der Waals surface area contributed by atoms with Crippen molar-refractivity contribution in [3.63, 3.8) is 0 Å². The monoisotopic (exact) mass is 331 g/mol. The van der Waals surface area contributed by atoms with Crippen LogP contribution in [0.2, 0.25) is 0 Å². The molecule has 0 bridgehead atoms. The molecule has 3 N–H and O–H groups in total. The van der Waals surface area contributed by atoms with Crippen molar-refractivity contribution in [1.82, 2.24) is 20.1 Å². The second kappa shape index (κ2) is 8.42. The zero-order chi connectivity index (χ0) is 17.4. The van der Waals surface area contributed by atoms with Crippen LogP contribution in [0.5, 0.6) is 0 Å². The largest absolute Gasteiger partial charge is 0.480 e. The topological polar surface area (TPSA) is 126 Å². The van der Waals surface area contributed by atoms with Crippen LogP contribution in [0.3, 0.4) is 0 Å². The highest BCUT2D eigenvalue weighted by Gasteiger charge is 2.07. The van der Waals surface area contributed by atoms with Gasteiger partial charge in [-0.15, -0.1) is 0 Å². The summed E-state index contributed by atoms with van der Waals surface area (Å²) in [7, 11) is 0. The molecule has 0 saturated carbocycles. The van der Waals surface area contributed by atoms with E-state index in [1.165, 1.54) is 12.7 Å². The Kier molecular flexibility index (Phi) is 6.01. The average molecular weight is 331 g/mol. The van der Waals surface area contributed by atoms with Gasteiger partial charge in [0.2, 0.25) is 11.8 Å². The minimum Gasteiger partial charge on any atom is -0.480 e. The van der Waals surface area contributed by atoms with Crippen LogP contribution in [0, 0.1) is 0 Å². The Morgan fingerprint density at radius 2 is 1.88 bits per heavy atom. The summed E-state index contributed by atoms with van der Waals surface area (Å²) >= 11 is 0. The molecule has 0 aliphatic rings. The molecule has 9 nitrogen and oxygen atoms in total. The smallest absolute Gasteiger partial charge is 0.322 e. The Morgan fingerprint density at radius 1 is 1.12 bits per heavy atom. The highest BCUT2D eigenvalue weighted by Crippen LogP contribution is 2.10. The molecule has 1 heterocycles. The molecule has 1 aromatic carbocycles. The summed E-state index contributed by atoms with van der Waals surface area (Å²) in [6.07, 6.45) is 3.29. The molecule has 9 heteroatoms. The molecule has 0 radical (unpaired) electrons. The number of hydrogen-bond donors (Lipinski definition) is 3. The van der Waals surface area contributed by atoms with Gasteiger partial charge in [0.05, 0.1) is 13.0 Å². The van der Waals surface area contributed by atoms with E-state index in [-0.39, 0.29) is 24.7 Å². The molecule has 0 unspecified atom stereocenters. The lowest BCUT2D eigenvalue weighted by molar-refractivity contribution is -0.137. The number of rotatable bonds is 8. The summed E-state index contributed by atoms with van der Waals surface area (Å²) in [5.74, 6) is -1.62. The number of aromatic nitrogens is 3. The van der Waals surface area contributed by atoms with Crippen molar-refractivity contribution in [3.8, 4) is 0 Å². The lowest BCUT2D eigenvalue weighted by Crippen LogP contribution is -2.30. The van der Waals surface area contributed by atoms with Crippen molar-refractivity contribution in [3.05, 3.63) is 42.5 Å². The zero-order valence-electron chi connectivity index (χ0n) is 12.8. The lowest BCUT2D eigenvalue weighted by atomic mass is 10.1. The first-order valence-corrected chi connectivity index (χ1v) is 7.22. The SMILES string of the molecule is O=C(O)CNC(=O)Cc1ccc(NC(=O)CCn2cncn2)cc1. The van der Waals surface area contributed by atoms with E-state index < -0.39 is 12.5 Å². The van der Waals surface area contributed by atoms with Gasteiger partial charge in [-0.25, -0.2) is 4.98 Å². The van der Waals surface area contributed by atoms with Gasteiger partial charge in [0.15, 0.2) is 0 Å². The van der Waals surface area contributed by atoms with Gasteiger partial charge in [-0.2, -0.15) is 5.10 Å². The van der Waals surface area contributed by atoms with E-state index >= 15 is 0 Å². The average Bonchev–Trinajstić information content (AvgIpc) is 3.06. The molecule has 2 amide bonds. The maximum atomic E-state index is 11.8. The molecule has 0 saturated heterocycles. The van der Waals surface area contributed by atoms with Crippen molar-refractivity contribution in [1.29, 1.82) is 0 Å². The van der Waals surface area contributed by atoms with Crippen LogP contribution in [0.25, 0.3) is 0 Å². The number of nitrogens with one attached hydrogen (secondary N) is 2. The fourth-order valence-corrected chi connectivity index (χ4v) is 1.92. The molecule has 2 aromatic rings. The number of nitrogens with zero attached hydrogens (tertiary/aromatic N) is 3. The number of aliphatic carboxylic acids is 1. The molecule has 0 aliphatic carbocycles. The van der Waals surface area contributed by atoms with Crippen LogP contribution >= 0.6 is 0 Å². The quantitative estimate of drug-likeness (QED) is 0.627. The van der Waals surface area contributed by atoms with Crippen LogP contribution in [0.1, 0.15) is 12.0 Å². The van der Waals surface area contributed by atoms with Crippen LogP contribution in [-0.2, 0) is 27.3 Å². The molecule has 0 fully saturated rings. The van der Waals surface area contributed by atoms with Gasteiger partial charge in [0.25, 0.3) is 0 Å². The molecule has 24 heavy (non-hydrogen) atoms. The molecule has 2 rings (SSSR count). The third kappa shape index (κ3) is 5.87. The molecule has 0 spiro atoms. The Labute approximate surface area is 137 Å². The van der Waals surface area contributed by atoms with Gasteiger partial charge in [0.1, 0.15) is 19.2 Å². The molecule has 0 aliphatic heterocycles. The second-order valence-corrected chi connectivity index (χ2v) is 5.00. The number of carbonyl (C=O) groups excluding carboxylic acids is 2. The summed E-state index contributed by atoms with van der Waals surface area (Å²) in [5.41, 5.74) is 1.34.